The quantitative estimate of drug-likeness (QED) is 0.738. The third kappa shape index (κ3) is 1.92. The SMILES string of the molecule is CC1(C(=O)O)CCCCC1C(=O)CCl. The van der Waals surface area contributed by atoms with E-state index in [-0.39, 0.29) is 11.7 Å². The lowest BCUT2D eigenvalue weighted by molar-refractivity contribution is -0.157. The Kier molecular flexibility index (Phi) is 3.53. The molecule has 2 unspecified atom stereocenters. The van der Waals surface area contributed by atoms with Gasteiger partial charge in [0, 0.05) is 5.92 Å². The van der Waals surface area contributed by atoms with Gasteiger partial charge in [0.25, 0.3) is 0 Å². The van der Waals surface area contributed by atoms with Gasteiger partial charge in [-0.05, 0) is 19.8 Å². The minimum atomic E-state index is -0.899. The maximum atomic E-state index is 11.5. The number of carboxylic acids is 1. The Balaban J connectivity index is 2.88. The normalized spacial score (nSPS) is 32.6. The Morgan fingerprint density at radius 1 is 1.50 bits per heavy atom. The molecule has 1 aliphatic carbocycles. The highest BCUT2D eigenvalue weighted by Crippen LogP contribution is 2.41. The molecular formula is C10H15ClO3. The van der Waals surface area contributed by atoms with E-state index in [4.69, 9.17) is 16.7 Å². The van der Waals surface area contributed by atoms with Crippen LogP contribution in [0.4, 0.5) is 0 Å². The molecule has 1 aliphatic rings. The molecule has 1 N–H and O–H groups in total. The van der Waals surface area contributed by atoms with E-state index < -0.39 is 17.3 Å². The van der Waals surface area contributed by atoms with Crippen LogP contribution in [0.25, 0.3) is 0 Å². The molecule has 0 amide bonds. The van der Waals surface area contributed by atoms with Gasteiger partial charge in [-0.25, -0.2) is 0 Å². The lowest BCUT2D eigenvalue weighted by Crippen LogP contribution is -2.42. The van der Waals surface area contributed by atoms with Crippen LogP contribution in [0.5, 0.6) is 0 Å². The minimum absolute atomic E-state index is 0.0759. The Hall–Kier alpha value is -0.570. The summed E-state index contributed by atoms with van der Waals surface area (Å²) in [6, 6.07) is 0. The number of carbonyl (C=O) groups excluding carboxylic acids is 1. The number of Topliss-reactive ketones (excluding diaryl/α,β-unsaturated/α-hetero) is 1. The lowest BCUT2D eigenvalue weighted by Gasteiger charge is -2.36. The van der Waals surface area contributed by atoms with Crippen LogP contribution in [0.2, 0.25) is 0 Å². The second kappa shape index (κ2) is 4.30. The van der Waals surface area contributed by atoms with Gasteiger partial charge in [-0.1, -0.05) is 12.8 Å². The highest BCUT2D eigenvalue weighted by Gasteiger charge is 2.45. The van der Waals surface area contributed by atoms with Gasteiger partial charge >= 0.3 is 5.97 Å². The van der Waals surface area contributed by atoms with Gasteiger partial charge in [-0.2, -0.15) is 0 Å². The fraction of sp³-hybridized carbons (Fsp3) is 0.800. The van der Waals surface area contributed by atoms with Gasteiger partial charge in [0.15, 0.2) is 5.78 Å². The predicted octanol–water partition coefficient (Wildman–Crippen LogP) is 2.08. The molecule has 0 radical (unpaired) electrons. The van der Waals surface area contributed by atoms with Crippen LogP contribution >= 0.6 is 11.6 Å². The number of carboxylic acid groups (broad SMARTS) is 1. The number of aliphatic carboxylic acids is 1. The van der Waals surface area contributed by atoms with Crippen molar-refractivity contribution in [3.05, 3.63) is 0 Å². The maximum Gasteiger partial charge on any atom is 0.310 e. The van der Waals surface area contributed by atoms with Crippen molar-refractivity contribution in [1.82, 2.24) is 0 Å². The Bertz CT molecular complexity index is 252. The molecule has 0 aromatic heterocycles. The zero-order chi connectivity index (χ0) is 10.8. The highest BCUT2D eigenvalue weighted by molar-refractivity contribution is 6.28. The van der Waals surface area contributed by atoms with Crippen LogP contribution < -0.4 is 0 Å². The van der Waals surface area contributed by atoms with Crippen LogP contribution in [-0.4, -0.2) is 22.7 Å². The molecule has 1 fully saturated rings. The van der Waals surface area contributed by atoms with Crippen LogP contribution in [0, 0.1) is 11.3 Å². The van der Waals surface area contributed by atoms with Crippen LogP contribution in [0.15, 0.2) is 0 Å². The summed E-state index contributed by atoms with van der Waals surface area (Å²) in [4.78, 5) is 22.6. The summed E-state index contributed by atoms with van der Waals surface area (Å²) in [6.07, 6.45) is 3.05. The van der Waals surface area contributed by atoms with Gasteiger partial charge in [0.2, 0.25) is 0 Å². The second-order valence-electron chi connectivity index (χ2n) is 4.12. The first-order chi connectivity index (χ1) is 6.52. The number of hydrogen-bond donors (Lipinski definition) is 1. The van der Waals surface area contributed by atoms with Crippen molar-refractivity contribution in [2.75, 3.05) is 5.88 Å². The topological polar surface area (TPSA) is 54.4 Å². The van der Waals surface area contributed by atoms with E-state index >= 15 is 0 Å². The fourth-order valence-corrected chi connectivity index (χ4v) is 2.39. The number of hydrogen-bond acceptors (Lipinski definition) is 2. The number of rotatable bonds is 3. The molecule has 1 rings (SSSR count). The summed E-state index contributed by atoms with van der Waals surface area (Å²) >= 11 is 5.47. The molecule has 0 saturated heterocycles. The fourth-order valence-electron chi connectivity index (χ4n) is 2.20. The van der Waals surface area contributed by atoms with Crippen molar-refractivity contribution < 1.29 is 14.7 Å². The molecule has 0 spiro atoms. The van der Waals surface area contributed by atoms with Gasteiger partial charge in [0.1, 0.15) is 0 Å². The van der Waals surface area contributed by atoms with Crippen LogP contribution in [0.3, 0.4) is 0 Å². The maximum absolute atomic E-state index is 11.5. The van der Waals surface area contributed by atoms with Gasteiger partial charge < -0.3 is 5.11 Å². The molecule has 2 atom stereocenters. The van der Waals surface area contributed by atoms with E-state index in [1.165, 1.54) is 0 Å². The first-order valence-electron chi connectivity index (χ1n) is 4.84. The molecular weight excluding hydrogens is 204 g/mol. The average Bonchev–Trinajstić information content (AvgIpc) is 2.17. The Morgan fingerprint density at radius 3 is 2.64 bits per heavy atom. The number of carbonyl (C=O) groups is 2. The summed E-state index contributed by atoms with van der Waals surface area (Å²) in [7, 11) is 0. The van der Waals surface area contributed by atoms with E-state index in [0.717, 1.165) is 12.8 Å². The molecule has 0 bridgehead atoms. The number of halogens is 1. The van der Waals surface area contributed by atoms with Crippen molar-refractivity contribution in [3.63, 3.8) is 0 Å². The van der Waals surface area contributed by atoms with E-state index in [2.05, 4.69) is 0 Å². The highest BCUT2D eigenvalue weighted by atomic mass is 35.5. The standard InChI is InChI=1S/C10H15ClO3/c1-10(9(13)14)5-3-2-4-7(10)8(12)6-11/h7H,2-6H2,1H3,(H,13,14). The number of ketones is 1. The van der Waals surface area contributed by atoms with Crippen LogP contribution in [-0.2, 0) is 9.59 Å². The molecule has 1 saturated carbocycles. The lowest BCUT2D eigenvalue weighted by atomic mass is 9.66. The minimum Gasteiger partial charge on any atom is -0.481 e. The van der Waals surface area contributed by atoms with Crippen molar-refractivity contribution in [3.8, 4) is 0 Å². The van der Waals surface area contributed by atoms with Gasteiger partial charge in [-0.3, -0.25) is 9.59 Å². The molecule has 0 aromatic rings. The van der Waals surface area contributed by atoms with Gasteiger partial charge in [-0.15, -0.1) is 11.6 Å². The van der Waals surface area contributed by atoms with E-state index in [1.54, 1.807) is 6.92 Å². The third-order valence-electron chi connectivity index (χ3n) is 3.22. The van der Waals surface area contributed by atoms with E-state index in [0.29, 0.717) is 12.8 Å². The molecule has 0 aromatic carbocycles. The summed E-state index contributed by atoms with van der Waals surface area (Å²) in [5.74, 6) is -1.48. The summed E-state index contributed by atoms with van der Waals surface area (Å²) in [5, 5.41) is 9.12. The zero-order valence-electron chi connectivity index (χ0n) is 8.25. The second-order valence-corrected chi connectivity index (χ2v) is 4.39. The predicted molar refractivity (Wildman–Crippen MR) is 53.4 cm³/mol. The van der Waals surface area contributed by atoms with Crippen molar-refractivity contribution in [2.45, 2.75) is 32.6 Å². The average molecular weight is 219 g/mol. The largest absolute Gasteiger partial charge is 0.481 e. The first-order valence-corrected chi connectivity index (χ1v) is 5.38. The molecule has 3 nitrogen and oxygen atoms in total. The molecule has 0 aliphatic heterocycles. The van der Waals surface area contributed by atoms with Gasteiger partial charge in [0.05, 0.1) is 11.3 Å². The Morgan fingerprint density at radius 2 is 2.14 bits per heavy atom. The van der Waals surface area contributed by atoms with Crippen LogP contribution in [0.1, 0.15) is 32.6 Å². The molecule has 14 heavy (non-hydrogen) atoms. The summed E-state index contributed by atoms with van der Waals surface area (Å²) < 4.78 is 0. The van der Waals surface area contributed by atoms with E-state index in [9.17, 15) is 9.59 Å². The molecule has 0 heterocycles. The van der Waals surface area contributed by atoms with Crippen molar-refractivity contribution in [2.24, 2.45) is 11.3 Å². The third-order valence-corrected chi connectivity index (χ3v) is 3.48. The Labute approximate surface area is 88.4 Å². The summed E-state index contributed by atoms with van der Waals surface area (Å²) in [5.41, 5.74) is -0.899. The zero-order valence-corrected chi connectivity index (χ0v) is 9.01. The molecule has 4 heteroatoms. The van der Waals surface area contributed by atoms with Crippen molar-refractivity contribution in [1.29, 1.82) is 0 Å². The van der Waals surface area contributed by atoms with E-state index in [1.807, 2.05) is 0 Å². The summed E-state index contributed by atoms with van der Waals surface area (Å²) in [6.45, 7) is 1.66. The molecule has 80 valence electrons. The van der Waals surface area contributed by atoms with Crippen molar-refractivity contribution >= 4 is 23.4 Å². The monoisotopic (exact) mass is 218 g/mol. The first kappa shape index (κ1) is 11.5. The number of alkyl halides is 1. The smallest absolute Gasteiger partial charge is 0.310 e.